The second kappa shape index (κ2) is 8.50. The van der Waals surface area contributed by atoms with Crippen molar-refractivity contribution in [1.82, 2.24) is 4.90 Å². The Morgan fingerprint density at radius 1 is 1.11 bits per heavy atom. The van der Waals surface area contributed by atoms with E-state index in [2.05, 4.69) is 0 Å². The van der Waals surface area contributed by atoms with Crippen LogP contribution in [0.2, 0.25) is 5.02 Å². The van der Waals surface area contributed by atoms with Crippen LogP contribution in [-0.2, 0) is 11.4 Å². The van der Waals surface area contributed by atoms with Crippen LogP contribution in [0.3, 0.4) is 0 Å². The van der Waals surface area contributed by atoms with Gasteiger partial charge in [0.05, 0.1) is 12.0 Å². The summed E-state index contributed by atoms with van der Waals surface area (Å²) in [6.45, 7) is 2.51. The number of halogens is 1. The minimum atomic E-state index is -0.269. The lowest BCUT2D eigenvalue weighted by atomic mass is 10.1. The predicted octanol–water partition coefficient (Wildman–Crippen LogP) is 4.98. The van der Waals surface area contributed by atoms with Crippen LogP contribution in [0, 0.1) is 0 Å². The summed E-state index contributed by atoms with van der Waals surface area (Å²) < 4.78 is 11.2. The summed E-state index contributed by atoms with van der Waals surface area (Å²) in [5.74, 6) is 0.869. The smallest absolute Gasteiger partial charge is 0.293 e. The Morgan fingerprint density at radius 3 is 2.48 bits per heavy atom. The normalized spacial score (nSPS) is 15.5. The Hall–Kier alpha value is -2.44. The van der Waals surface area contributed by atoms with Crippen molar-refractivity contribution in [3.05, 3.63) is 63.5 Å². The topological polar surface area (TPSA) is 55.8 Å². The Kier molecular flexibility index (Phi) is 6.08. The fourth-order valence-electron chi connectivity index (χ4n) is 2.56. The number of methoxy groups -OCH3 is 1. The van der Waals surface area contributed by atoms with E-state index < -0.39 is 0 Å². The van der Waals surface area contributed by atoms with Crippen molar-refractivity contribution in [3.8, 4) is 11.5 Å². The number of thioether (sulfide) groups is 1. The Morgan fingerprint density at radius 2 is 1.85 bits per heavy atom. The highest BCUT2D eigenvalue weighted by Crippen LogP contribution is 2.34. The van der Waals surface area contributed by atoms with Gasteiger partial charge in [-0.3, -0.25) is 14.5 Å². The van der Waals surface area contributed by atoms with Crippen LogP contribution in [0.1, 0.15) is 18.1 Å². The van der Waals surface area contributed by atoms with Gasteiger partial charge < -0.3 is 9.47 Å². The maximum atomic E-state index is 12.2. The molecule has 0 spiro atoms. The largest absolute Gasteiger partial charge is 0.493 e. The van der Waals surface area contributed by atoms with Crippen molar-refractivity contribution in [2.24, 2.45) is 0 Å². The van der Waals surface area contributed by atoms with Crippen molar-refractivity contribution < 1.29 is 19.1 Å². The van der Waals surface area contributed by atoms with Gasteiger partial charge in [-0.25, -0.2) is 0 Å². The van der Waals surface area contributed by atoms with E-state index in [-0.39, 0.29) is 11.1 Å². The Bertz CT molecular complexity index is 895. The minimum absolute atomic E-state index is 0.247. The van der Waals surface area contributed by atoms with Gasteiger partial charge in [-0.1, -0.05) is 29.8 Å². The summed E-state index contributed by atoms with van der Waals surface area (Å²) in [5.41, 5.74) is 1.74. The van der Waals surface area contributed by atoms with Gasteiger partial charge in [0.25, 0.3) is 11.1 Å². The van der Waals surface area contributed by atoms with Gasteiger partial charge in [-0.05, 0) is 60.2 Å². The summed E-state index contributed by atoms with van der Waals surface area (Å²) in [6, 6.07) is 12.8. The zero-order valence-corrected chi connectivity index (χ0v) is 16.5. The number of benzene rings is 2. The number of carbonyl (C=O) groups is 2. The first-order valence-corrected chi connectivity index (χ1v) is 9.52. The Labute approximate surface area is 166 Å². The molecule has 0 saturated carbocycles. The van der Waals surface area contributed by atoms with E-state index >= 15 is 0 Å². The molecule has 0 aromatic heterocycles. The molecule has 0 atom stereocenters. The van der Waals surface area contributed by atoms with Gasteiger partial charge >= 0.3 is 0 Å². The molecular formula is C20H18ClNO4S. The fraction of sp³-hybridized carbons (Fsp3) is 0.200. The zero-order chi connectivity index (χ0) is 19.4. The quantitative estimate of drug-likeness (QED) is 0.636. The molecule has 0 radical (unpaired) electrons. The van der Waals surface area contributed by atoms with Crippen LogP contribution in [0.15, 0.2) is 47.4 Å². The van der Waals surface area contributed by atoms with Gasteiger partial charge in [0.2, 0.25) is 0 Å². The third-order valence-electron chi connectivity index (χ3n) is 3.98. The lowest BCUT2D eigenvalue weighted by Crippen LogP contribution is -2.27. The summed E-state index contributed by atoms with van der Waals surface area (Å²) >= 11 is 6.83. The molecule has 1 aliphatic heterocycles. The van der Waals surface area contributed by atoms with E-state index in [4.69, 9.17) is 21.1 Å². The highest BCUT2D eigenvalue weighted by Gasteiger charge is 2.33. The second-order valence-electron chi connectivity index (χ2n) is 5.75. The van der Waals surface area contributed by atoms with Crippen molar-refractivity contribution >= 4 is 40.6 Å². The van der Waals surface area contributed by atoms with Crippen LogP contribution in [0.4, 0.5) is 4.79 Å². The molecule has 2 aromatic rings. The molecule has 5 nitrogen and oxygen atoms in total. The second-order valence-corrected chi connectivity index (χ2v) is 7.18. The van der Waals surface area contributed by atoms with Gasteiger partial charge in [0, 0.05) is 11.6 Å². The predicted molar refractivity (Wildman–Crippen MR) is 107 cm³/mol. The molecule has 3 rings (SSSR count). The molecule has 0 unspecified atom stereocenters. The number of hydrogen-bond acceptors (Lipinski definition) is 5. The SMILES string of the molecule is CCN1C(=O)SC(=Cc2ccc(OCc3ccc(Cl)cc3)c(OC)c2)C1=O. The summed E-state index contributed by atoms with van der Waals surface area (Å²) in [7, 11) is 1.55. The Balaban J connectivity index is 1.76. The molecule has 0 aliphatic carbocycles. The van der Waals surface area contributed by atoms with Crippen molar-refractivity contribution in [2.45, 2.75) is 13.5 Å². The molecule has 1 fully saturated rings. The van der Waals surface area contributed by atoms with Crippen LogP contribution in [0.25, 0.3) is 6.08 Å². The molecule has 0 bridgehead atoms. The fourth-order valence-corrected chi connectivity index (χ4v) is 3.59. The third-order valence-corrected chi connectivity index (χ3v) is 5.14. The maximum Gasteiger partial charge on any atom is 0.293 e. The van der Waals surface area contributed by atoms with Gasteiger partial charge in [0.15, 0.2) is 11.5 Å². The lowest BCUT2D eigenvalue weighted by molar-refractivity contribution is -0.122. The molecule has 1 saturated heterocycles. The number of carbonyl (C=O) groups excluding carboxylic acids is 2. The number of ether oxygens (including phenoxy) is 2. The zero-order valence-electron chi connectivity index (χ0n) is 14.9. The number of nitrogens with zero attached hydrogens (tertiary/aromatic N) is 1. The van der Waals surface area contributed by atoms with Crippen molar-refractivity contribution in [2.75, 3.05) is 13.7 Å². The molecule has 2 aromatic carbocycles. The van der Waals surface area contributed by atoms with Crippen LogP contribution in [-0.4, -0.2) is 29.7 Å². The first-order valence-electron chi connectivity index (χ1n) is 8.32. The van der Waals surface area contributed by atoms with Crippen molar-refractivity contribution in [3.63, 3.8) is 0 Å². The summed E-state index contributed by atoms with van der Waals surface area (Å²) in [6.07, 6.45) is 1.69. The van der Waals surface area contributed by atoms with E-state index in [0.717, 1.165) is 22.9 Å². The minimum Gasteiger partial charge on any atom is -0.493 e. The van der Waals surface area contributed by atoms with Crippen LogP contribution < -0.4 is 9.47 Å². The van der Waals surface area contributed by atoms with Gasteiger partial charge in [0.1, 0.15) is 6.61 Å². The van der Waals surface area contributed by atoms with E-state index in [9.17, 15) is 9.59 Å². The molecule has 27 heavy (non-hydrogen) atoms. The highest BCUT2D eigenvalue weighted by atomic mass is 35.5. The molecule has 140 valence electrons. The first-order chi connectivity index (χ1) is 13.0. The first kappa shape index (κ1) is 19.3. The molecule has 0 N–H and O–H groups in total. The number of amides is 2. The number of likely N-dealkylation sites (N-methyl/N-ethyl adjacent to an activating group) is 1. The molecule has 1 aliphatic rings. The van der Waals surface area contributed by atoms with E-state index in [1.54, 1.807) is 32.2 Å². The van der Waals surface area contributed by atoms with Crippen LogP contribution in [0.5, 0.6) is 11.5 Å². The highest BCUT2D eigenvalue weighted by molar-refractivity contribution is 8.18. The lowest BCUT2D eigenvalue weighted by Gasteiger charge is -2.12. The van der Waals surface area contributed by atoms with E-state index in [0.29, 0.717) is 34.6 Å². The number of imide groups is 1. The average Bonchev–Trinajstić information content (AvgIpc) is 2.94. The van der Waals surface area contributed by atoms with Gasteiger partial charge in [-0.15, -0.1) is 0 Å². The molecular weight excluding hydrogens is 386 g/mol. The van der Waals surface area contributed by atoms with E-state index in [1.165, 1.54) is 4.90 Å². The van der Waals surface area contributed by atoms with Crippen molar-refractivity contribution in [1.29, 1.82) is 0 Å². The summed E-state index contributed by atoms with van der Waals surface area (Å²) in [4.78, 5) is 25.6. The molecule has 7 heteroatoms. The monoisotopic (exact) mass is 403 g/mol. The molecule has 1 heterocycles. The number of rotatable bonds is 6. The van der Waals surface area contributed by atoms with Gasteiger partial charge in [-0.2, -0.15) is 0 Å². The molecule has 2 amide bonds. The summed E-state index contributed by atoms with van der Waals surface area (Å²) in [5, 5.41) is 0.428. The average molecular weight is 404 g/mol. The number of hydrogen-bond donors (Lipinski definition) is 0. The van der Waals surface area contributed by atoms with Crippen LogP contribution >= 0.6 is 23.4 Å². The standard InChI is InChI=1S/C20H18ClNO4S/c1-3-22-19(23)18(27-20(22)24)11-14-6-9-16(17(10-14)25-2)26-12-13-4-7-15(21)8-5-13/h4-11H,3,12H2,1-2H3. The maximum absolute atomic E-state index is 12.2. The third kappa shape index (κ3) is 4.46. The van der Waals surface area contributed by atoms with E-state index in [1.807, 2.05) is 30.3 Å².